The van der Waals surface area contributed by atoms with Gasteiger partial charge >= 0.3 is 11.9 Å². The van der Waals surface area contributed by atoms with E-state index in [-0.39, 0.29) is 17.9 Å². The van der Waals surface area contributed by atoms with E-state index in [1.807, 2.05) is 13.1 Å². The van der Waals surface area contributed by atoms with E-state index < -0.39 is 42.3 Å². The number of nitrogens with two attached hydrogens (primary N) is 1. The Labute approximate surface area is 252 Å². The molecule has 1 saturated heterocycles. The second-order valence-electron chi connectivity index (χ2n) is 10.3. The summed E-state index contributed by atoms with van der Waals surface area (Å²) in [4.78, 5) is 22.3. The van der Waals surface area contributed by atoms with Crippen molar-refractivity contribution in [3.8, 4) is 5.69 Å². The lowest BCUT2D eigenvalue weighted by Crippen LogP contribution is -2.48. The third-order valence-corrected chi connectivity index (χ3v) is 8.87. The fraction of sp³-hybridized carbons (Fsp3) is 0.444. The van der Waals surface area contributed by atoms with Crippen LogP contribution in [0.15, 0.2) is 30.5 Å². The first-order chi connectivity index (χ1) is 20.2. The maximum atomic E-state index is 14.5. The molecule has 234 valence electrons. The van der Waals surface area contributed by atoms with Crippen LogP contribution in [0.1, 0.15) is 40.1 Å². The zero-order valence-electron chi connectivity index (χ0n) is 22.8. The van der Waals surface area contributed by atoms with Gasteiger partial charge < -0.3 is 30.9 Å². The van der Waals surface area contributed by atoms with E-state index in [2.05, 4.69) is 10.00 Å². The Kier molecular flexibility index (Phi) is 9.85. The summed E-state index contributed by atoms with van der Waals surface area (Å²) in [6.45, 7) is 3.47. The molecular formula is C27H30ClF3N4O7S. The van der Waals surface area contributed by atoms with Gasteiger partial charge in [0.2, 0.25) is 0 Å². The summed E-state index contributed by atoms with van der Waals surface area (Å²) in [6.07, 6.45) is -1.49. The lowest BCUT2D eigenvalue weighted by Gasteiger charge is -2.45. The van der Waals surface area contributed by atoms with Gasteiger partial charge in [-0.05, 0) is 37.5 Å². The quantitative estimate of drug-likeness (QED) is 0.257. The summed E-state index contributed by atoms with van der Waals surface area (Å²) in [5.74, 6) is -6.92. The zero-order chi connectivity index (χ0) is 31.7. The number of hydrogen-bond donors (Lipinski definition) is 5. The van der Waals surface area contributed by atoms with E-state index in [9.17, 15) is 22.8 Å². The molecule has 0 aliphatic carbocycles. The summed E-state index contributed by atoms with van der Waals surface area (Å²) < 4.78 is 50.9. The number of aliphatic carboxylic acids is 2. The number of carbonyl (C=O) groups is 2. The highest BCUT2D eigenvalue weighted by atomic mass is 35.5. The normalized spacial score (nSPS) is 18.8. The molecule has 4 heterocycles. The number of hydrogen-bond acceptors (Lipinski definition) is 9. The third-order valence-electron chi connectivity index (χ3n) is 7.42. The van der Waals surface area contributed by atoms with Crippen LogP contribution in [0.3, 0.4) is 0 Å². The summed E-state index contributed by atoms with van der Waals surface area (Å²) >= 11 is 7.29. The number of ether oxygens (including phenoxy) is 1. The van der Waals surface area contributed by atoms with Crippen molar-refractivity contribution in [1.82, 2.24) is 14.7 Å². The molecule has 1 fully saturated rings. The van der Waals surface area contributed by atoms with Crippen LogP contribution in [0.5, 0.6) is 0 Å². The van der Waals surface area contributed by atoms with E-state index in [1.165, 1.54) is 23.5 Å². The van der Waals surface area contributed by atoms with Gasteiger partial charge in [0.15, 0.2) is 12.2 Å². The van der Waals surface area contributed by atoms with E-state index in [4.69, 9.17) is 42.5 Å². The molecule has 0 bridgehead atoms. The van der Waals surface area contributed by atoms with Crippen molar-refractivity contribution in [2.24, 2.45) is 5.73 Å². The van der Waals surface area contributed by atoms with Crippen molar-refractivity contribution in [2.75, 3.05) is 19.7 Å². The summed E-state index contributed by atoms with van der Waals surface area (Å²) in [5, 5.41) is 37.0. The maximum Gasteiger partial charge on any atom is 0.335 e. The first kappa shape index (κ1) is 32.9. The Morgan fingerprint density at radius 1 is 1.16 bits per heavy atom. The van der Waals surface area contributed by atoms with Gasteiger partial charge in [0, 0.05) is 48.4 Å². The van der Waals surface area contributed by atoms with Gasteiger partial charge in [0.05, 0.1) is 10.0 Å². The number of thiophene rings is 1. The number of alkyl halides is 2. The topological polar surface area (TPSA) is 171 Å². The number of piperidine rings is 1. The monoisotopic (exact) mass is 646 g/mol. The summed E-state index contributed by atoms with van der Waals surface area (Å²) in [6, 6.07) is 6.21. The minimum Gasteiger partial charge on any atom is -0.479 e. The van der Waals surface area contributed by atoms with E-state index >= 15 is 0 Å². The SMILES string of the molecule is Cc1nn(-c2c(F)cccc2CN)cc1CN1CCC2(CC1)OCC(F)(F)c1cc(Cl)sc12.O=C(O)[C@H](O)[C@@H](O)C(=O)O. The minimum atomic E-state index is -3.01. The number of aryl methyl sites for hydroxylation is 1. The second-order valence-corrected chi connectivity index (χ2v) is 11.9. The first-order valence-corrected chi connectivity index (χ1v) is 14.3. The largest absolute Gasteiger partial charge is 0.479 e. The molecule has 6 N–H and O–H groups in total. The molecule has 1 aromatic carbocycles. The number of nitrogens with zero attached hydrogens (tertiary/aromatic N) is 3. The van der Waals surface area contributed by atoms with Crippen molar-refractivity contribution in [2.45, 2.75) is 56.6 Å². The molecule has 3 aromatic rings. The number of aliphatic hydroxyl groups is 2. The van der Waals surface area contributed by atoms with Crippen molar-refractivity contribution in [3.05, 3.63) is 67.9 Å². The van der Waals surface area contributed by atoms with Crippen LogP contribution in [-0.2, 0) is 38.9 Å². The molecule has 43 heavy (non-hydrogen) atoms. The van der Waals surface area contributed by atoms with Crippen molar-refractivity contribution < 1.29 is 47.9 Å². The Morgan fingerprint density at radius 2 is 1.79 bits per heavy atom. The molecule has 16 heteroatoms. The lowest BCUT2D eigenvalue weighted by atomic mass is 9.84. The van der Waals surface area contributed by atoms with Gasteiger partial charge in [-0.3, -0.25) is 4.90 Å². The number of carboxylic acid groups (broad SMARTS) is 2. The summed E-state index contributed by atoms with van der Waals surface area (Å²) in [7, 11) is 0. The molecule has 2 aliphatic heterocycles. The van der Waals surface area contributed by atoms with Gasteiger partial charge in [-0.1, -0.05) is 23.7 Å². The van der Waals surface area contributed by atoms with Crippen LogP contribution in [0.2, 0.25) is 4.34 Å². The standard InChI is InChI=1S/C23H24ClF3N4OS.C4H6O6/c1-14-16(12-31(29-14)20-15(10-28)3-2-4-18(20)25)11-30-7-5-22(6-8-30)21-17(9-19(24)33-21)23(26,27)13-32-22;5-1(3(7)8)2(6)4(9)10/h2-4,9,12H,5-8,10-11,13,28H2,1H3;1-2,5-6H,(H,7,8)(H,9,10)/t;1-,2-/m.1/s1. The van der Waals surface area contributed by atoms with E-state index in [0.29, 0.717) is 52.9 Å². The number of benzene rings is 1. The Hall–Kier alpha value is -3.05. The minimum absolute atomic E-state index is 0.00918. The van der Waals surface area contributed by atoms with Crippen molar-refractivity contribution in [1.29, 1.82) is 0 Å². The molecule has 0 radical (unpaired) electrons. The van der Waals surface area contributed by atoms with Crippen molar-refractivity contribution in [3.63, 3.8) is 0 Å². The van der Waals surface area contributed by atoms with Gasteiger partial charge in [-0.2, -0.15) is 13.9 Å². The molecular weight excluding hydrogens is 617 g/mol. The van der Waals surface area contributed by atoms with Crippen LogP contribution in [-0.4, -0.2) is 78.9 Å². The third kappa shape index (κ3) is 6.87. The number of halogens is 4. The molecule has 0 saturated carbocycles. The number of carboxylic acids is 2. The summed E-state index contributed by atoms with van der Waals surface area (Å²) in [5.41, 5.74) is 7.92. The predicted molar refractivity (Wildman–Crippen MR) is 149 cm³/mol. The Bertz CT molecular complexity index is 1480. The fourth-order valence-corrected chi connectivity index (χ4v) is 6.52. The number of likely N-dealkylation sites (tertiary alicyclic amines) is 1. The fourth-order valence-electron chi connectivity index (χ4n) is 5.04. The second kappa shape index (κ2) is 12.9. The van der Waals surface area contributed by atoms with Gasteiger partial charge in [-0.25, -0.2) is 18.7 Å². The Morgan fingerprint density at radius 3 is 2.37 bits per heavy atom. The first-order valence-electron chi connectivity index (χ1n) is 13.1. The van der Waals surface area contributed by atoms with Gasteiger partial charge in [-0.15, -0.1) is 11.3 Å². The average molecular weight is 647 g/mol. The highest BCUT2D eigenvalue weighted by molar-refractivity contribution is 7.16. The number of aromatic nitrogens is 2. The van der Waals surface area contributed by atoms with Crippen LogP contribution in [0.4, 0.5) is 13.2 Å². The highest BCUT2D eigenvalue weighted by Gasteiger charge is 2.51. The molecule has 0 amide bonds. The predicted octanol–water partition coefficient (Wildman–Crippen LogP) is 2.98. The van der Waals surface area contributed by atoms with Gasteiger partial charge in [0.25, 0.3) is 5.92 Å². The van der Waals surface area contributed by atoms with Crippen LogP contribution in [0.25, 0.3) is 5.69 Å². The number of fused-ring (bicyclic) bond motifs is 2. The molecule has 1 spiro atoms. The van der Waals surface area contributed by atoms with E-state index in [1.54, 1.807) is 16.8 Å². The van der Waals surface area contributed by atoms with Crippen LogP contribution < -0.4 is 5.73 Å². The van der Waals surface area contributed by atoms with E-state index in [0.717, 1.165) is 11.3 Å². The Balaban J connectivity index is 0.000000365. The number of aliphatic hydroxyl groups excluding tert-OH is 2. The van der Waals surface area contributed by atoms with Crippen LogP contribution >= 0.6 is 22.9 Å². The van der Waals surface area contributed by atoms with Crippen LogP contribution in [0, 0.1) is 12.7 Å². The molecule has 2 aliphatic rings. The average Bonchev–Trinajstić information content (AvgIpc) is 3.54. The smallest absolute Gasteiger partial charge is 0.335 e. The molecule has 2 aromatic heterocycles. The molecule has 2 atom stereocenters. The van der Waals surface area contributed by atoms with Crippen molar-refractivity contribution >= 4 is 34.9 Å². The zero-order valence-corrected chi connectivity index (χ0v) is 24.4. The molecule has 11 nitrogen and oxygen atoms in total. The number of para-hydroxylation sites is 1. The molecule has 5 rings (SSSR count). The highest BCUT2D eigenvalue weighted by Crippen LogP contribution is 2.52. The molecule has 0 unspecified atom stereocenters. The van der Waals surface area contributed by atoms with Gasteiger partial charge in [0.1, 0.15) is 23.7 Å². The number of rotatable bonds is 7. The maximum absolute atomic E-state index is 14.5. The lowest BCUT2D eigenvalue weighted by molar-refractivity contribution is -0.182.